The van der Waals surface area contributed by atoms with Crippen LogP contribution in [-0.2, 0) is 17.7 Å². The van der Waals surface area contributed by atoms with Gasteiger partial charge in [0.15, 0.2) is 11.5 Å². The highest BCUT2D eigenvalue weighted by molar-refractivity contribution is 6.00. The van der Waals surface area contributed by atoms with Crippen LogP contribution in [-0.4, -0.2) is 53.7 Å². The summed E-state index contributed by atoms with van der Waals surface area (Å²) in [4.78, 5) is 26.6. The Labute approximate surface area is 131 Å². The zero-order valence-corrected chi connectivity index (χ0v) is 13.7. The molecule has 0 unspecified atom stereocenters. The van der Waals surface area contributed by atoms with Crippen molar-refractivity contribution in [2.75, 3.05) is 27.2 Å². The first-order valence-corrected chi connectivity index (χ1v) is 7.99. The Bertz CT molecular complexity index is 549. The number of esters is 1. The average molecular weight is 307 g/mol. The second kappa shape index (κ2) is 7.54. The van der Waals surface area contributed by atoms with E-state index in [-0.39, 0.29) is 5.78 Å². The molecule has 1 aliphatic rings. The number of ether oxygens (including phenoxy) is 1. The molecule has 0 amide bonds. The smallest absolute Gasteiger partial charge is 0.359 e. The minimum Gasteiger partial charge on any atom is -0.461 e. The SMILES string of the molecule is CCOC(=O)c1nn(CCCN(C)C)c2c1CCCCC2=O. The summed E-state index contributed by atoms with van der Waals surface area (Å²) < 4.78 is 6.81. The molecule has 0 N–H and O–H groups in total. The summed E-state index contributed by atoms with van der Waals surface area (Å²) in [5.41, 5.74) is 1.74. The second-order valence-electron chi connectivity index (χ2n) is 5.91. The van der Waals surface area contributed by atoms with Crippen LogP contribution in [0.15, 0.2) is 0 Å². The molecule has 2 rings (SSSR count). The van der Waals surface area contributed by atoms with Gasteiger partial charge < -0.3 is 9.64 Å². The minimum atomic E-state index is -0.417. The largest absolute Gasteiger partial charge is 0.461 e. The van der Waals surface area contributed by atoms with Gasteiger partial charge in [-0.3, -0.25) is 9.48 Å². The maximum Gasteiger partial charge on any atom is 0.359 e. The lowest BCUT2D eigenvalue weighted by atomic mass is 10.1. The first-order valence-electron chi connectivity index (χ1n) is 7.99. The minimum absolute atomic E-state index is 0.0976. The van der Waals surface area contributed by atoms with Gasteiger partial charge in [0.05, 0.1) is 6.61 Å². The van der Waals surface area contributed by atoms with Crippen LogP contribution in [0.5, 0.6) is 0 Å². The average Bonchev–Trinajstić information content (AvgIpc) is 2.71. The molecule has 0 spiro atoms. The predicted molar refractivity (Wildman–Crippen MR) is 83.2 cm³/mol. The maximum absolute atomic E-state index is 12.4. The molecule has 0 fully saturated rings. The molecular weight excluding hydrogens is 282 g/mol. The fourth-order valence-electron chi connectivity index (χ4n) is 2.82. The lowest BCUT2D eigenvalue weighted by Gasteiger charge is -2.10. The number of nitrogens with zero attached hydrogens (tertiary/aromatic N) is 3. The van der Waals surface area contributed by atoms with Gasteiger partial charge >= 0.3 is 5.97 Å². The molecule has 1 aromatic rings. The lowest BCUT2D eigenvalue weighted by Crippen LogP contribution is -2.17. The van der Waals surface area contributed by atoms with Crippen LogP contribution in [0.1, 0.15) is 59.1 Å². The van der Waals surface area contributed by atoms with E-state index in [1.807, 2.05) is 14.1 Å². The number of carbonyl (C=O) groups is 2. The Kier molecular flexibility index (Phi) is 5.71. The van der Waals surface area contributed by atoms with Gasteiger partial charge in [0, 0.05) is 18.5 Å². The van der Waals surface area contributed by atoms with Gasteiger partial charge in [-0.15, -0.1) is 0 Å². The van der Waals surface area contributed by atoms with E-state index in [2.05, 4.69) is 10.00 Å². The number of Topliss-reactive ketones (excluding diaryl/α,β-unsaturated/α-hetero) is 1. The molecule has 122 valence electrons. The summed E-state index contributed by atoms with van der Waals surface area (Å²) in [6.07, 6.45) is 3.93. The fraction of sp³-hybridized carbons (Fsp3) is 0.688. The third-order valence-corrected chi connectivity index (χ3v) is 3.84. The second-order valence-corrected chi connectivity index (χ2v) is 5.91. The van der Waals surface area contributed by atoms with Crippen LogP contribution >= 0.6 is 0 Å². The summed E-state index contributed by atoms with van der Waals surface area (Å²) >= 11 is 0. The number of aromatic nitrogens is 2. The van der Waals surface area contributed by atoms with E-state index < -0.39 is 5.97 Å². The molecule has 0 radical (unpaired) electrons. The first kappa shape index (κ1) is 16.7. The van der Waals surface area contributed by atoms with E-state index in [0.717, 1.165) is 37.8 Å². The van der Waals surface area contributed by atoms with Crippen molar-refractivity contribution in [2.45, 2.75) is 45.6 Å². The van der Waals surface area contributed by atoms with Gasteiger partial charge in [-0.25, -0.2) is 4.79 Å². The number of aryl methyl sites for hydroxylation is 1. The number of hydrogen-bond donors (Lipinski definition) is 0. The summed E-state index contributed by atoms with van der Waals surface area (Å²) in [5.74, 6) is -0.319. The molecule has 0 saturated carbocycles. The summed E-state index contributed by atoms with van der Waals surface area (Å²) in [5, 5.41) is 4.40. The van der Waals surface area contributed by atoms with Crippen LogP contribution in [0.2, 0.25) is 0 Å². The van der Waals surface area contributed by atoms with Crippen molar-refractivity contribution in [3.8, 4) is 0 Å². The Morgan fingerprint density at radius 2 is 2.05 bits per heavy atom. The first-order chi connectivity index (χ1) is 10.5. The van der Waals surface area contributed by atoms with E-state index in [1.54, 1.807) is 11.6 Å². The van der Waals surface area contributed by atoms with Crippen LogP contribution in [0, 0.1) is 0 Å². The van der Waals surface area contributed by atoms with Gasteiger partial charge in [0.1, 0.15) is 5.69 Å². The number of hydrogen-bond acceptors (Lipinski definition) is 5. The van der Waals surface area contributed by atoms with Crippen LogP contribution in [0.4, 0.5) is 0 Å². The molecule has 0 saturated heterocycles. The summed E-state index contributed by atoms with van der Waals surface area (Å²) in [6, 6.07) is 0. The van der Waals surface area contributed by atoms with Crippen molar-refractivity contribution in [2.24, 2.45) is 0 Å². The van der Waals surface area contributed by atoms with Crippen LogP contribution < -0.4 is 0 Å². The maximum atomic E-state index is 12.4. The molecule has 1 aliphatic carbocycles. The highest BCUT2D eigenvalue weighted by atomic mass is 16.5. The molecule has 0 atom stereocenters. The topological polar surface area (TPSA) is 64.4 Å². The van der Waals surface area contributed by atoms with Crippen molar-refractivity contribution >= 4 is 11.8 Å². The molecule has 22 heavy (non-hydrogen) atoms. The number of fused-ring (bicyclic) bond motifs is 1. The molecule has 6 nitrogen and oxygen atoms in total. The van der Waals surface area contributed by atoms with Crippen molar-refractivity contribution in [1.29, 1.82) is 0 Å². The Morgan fingerprint density at radius 3 is 2.73 bits per heavy atom. The van der Waals surface area contributed by atoms with Gasteiger partial charge in [-0.05, 0) is 53.2 Å². The van der Waals surface area contributed by atoms with Crippen molar-refractivity contribution in [3.63, 3.8) is 0 Å². The van der Waals surface area contributed by atoms with Crippen molar-refractivity contribution in [3.05, 3.63) is 17.0 Å². The van der Waals surface area contributed by atoms with Gasteiger partial charge in [0.25, 0.3) is 0 Å². The number of ketones is 1. The van der Waals surface area contributed by atoms with E-state index in [9.17, 15) is 9.59 Å². The van der Waals surface area contributed by atoms with Crippen molar-refractivity contribution < 1.29 is 14.3 Å². The highest BCUT2D eigenvalue weighted by Gasteiger charge is 2.28. The van der Waals surface area contributed by atoms with Gasteiger partial charge in [0.2, 0.25) is 0 Å². The summed E-state index contributed by atoms with van der Waals surface area (Å²) in [7, 11) is 4.03. The van der Waals surface area contributed by atoms with Crippen LogP contribution in [0.25, 0.3) is 0 Å². The number of carbonyl (C=O) groups excluding carboxylic acids is 2. The molecule has 0 bridgehead atoms. The van der Waals surface area contributed by atoms with E-state index in [0.29, 0.717) is 31.0 Å². The quantitative estimate of drug-likeness (QED) is 0.593. The third kappa shape index (κ3) is 3.74. The Hall–Kier alpha value is -1.69. The van der Waals surface area contributed by atoms with Gasteiger partial charge in [-0.1, -0.05) is 0 Å². The summed E-state index contributed by atoms with van der Waals surface area (Å²) in [6.45, 7) is 3.65. The van der Waals surface area contributed by atoms with Crippen LogP contribution in [0.3, 0.4) is 0 Å². The van der Waals surface area contributed by atoms with E-state index >= 15 is 0 Å². The lowest BCUT2D eigenvalue weighted by molar-refractivity contribution is 0.0517. The molecule has 1 aromatic heterocycles. The standard InChI is InChI=1S/C16H25N3O3/c1-4-22-16(21)14-12-8-5-6-9-13(20)15(12)19(17-14)11-7-10-18(2)3/h4-11H2,1-3H3. The fourth-order valence-corrected chi connectivity index (χ4v) is 2.82. The number of rotatable bonds is 6. The van der Waals surface area contributed by atoms with E-state index in [1.165, 1.54) is 0 Å². The van der Waals surface area contributed by atoms with Gasteiger partial charge in [-0.2, -0.15) is 5.10 Å². The molecule has 1 heterocycles. The normalized spacial score (nSPS) is 14.8. The molecular formula is C16H25N3O3. The monoisotopic (exact) mass is 307 g/mol. The van der Waals surface area contributed by atoms with E-state index in [4.69, 9.17) is 4.74 Å². The zero-order chi connectivity index (χ0) is 16.1. The zero-order valence-electron chi connectivity index (χ0n) is 13.7. The highest BCUT2D eigenvalue weighted by Crippen LogP contribution is 2.24. The van der Waals surface area contributed by atoms with Crippen molar-refractivity contribution in [1.82, 2.24) is 14.7 Å². The Morgan fingerprint density at radius 1 is 1.32 bits per heavy atom. The molecule has 0 aromatic carbocycles. The Balaban J connectivity index is 2.31. The molecule has 6 heteroatoms. The molecule has 0 aliphatic heterocycles. The predicted octanol–water partition coefficient (Wildman–Crippen LogP) is 1.92. The third-order valence-electron chi connectivity index (χ3n) is 3.84.